The molecular formula is C11H20ClNO3. The highest BCUT2D eigenvalue weighted by molar-refractivity contribution is 6.20. The van der Waals surface area contributed by atoms with Gasteiger partial charge in [0.15, 0.2) is 0 Å². The quantitative estimate of drug-likeness (QED) is 0.571. The first-order valence-electron chi connectivity index (χ1n) is 5.72. The fourth-order valence-electron chi connectivity index (χ4n) is 1.77. The van der Waals surface area contributed by atoms with Crippen molar-refractivity contribution in [2.24, 2.45) is 0 Å². The van der Waals surface area contributed by atoms with Gasteiger partial charge < -0.3 is 14.8 Å². The summed E-state index contributed by atoms with van der Waals surface area (Å²) >= 11 is 5.99. The molecule has 1 fully saturated rings. The van der Waals surface area contributed by atoms with Crippen molar-refractivity contribution in [2.75, 3.05) is 26.9 Å². The van der Waals surface area contributed by atoms with Gasteiger partial charge in [-0.15, -0.1) is 11.6 Å². The summed E-state index contributed by atoms with van der Waals surface area (Å²) in [5, 5.41) is 3.24. The van der Waals surface area contributed by atoms with Crippen LogP contribution in [0.25, 0.3) is 0 Å². The number of carbonyl (C=O) groups is 1. The number of ether oxygens (including phenoxy) is 2. The van der Waals surface area contributed by atoms with Crippen LogP contribution in [0, 0.1) is 0 Å². The second kappa shape index (κ2) is 7.87. The van der Waals surface area contributed by atoms with Crippen LogP contribution < -0.4 is 5.32 Å². The summed E-state index contributed by atoms with van der Waals surface area (Å²) in [5.41, 5.74) is 0. The first-order valence-corrected chi connectivity index (χ1v) is 6.16. The van der Waals surface area contributed by atoms with E-state index in [1.165, 1.54) is 0 Å². The zero-order valence-electron chi connectivity index (χ0n) is 9.71. The molecule has 16 heavy (non-hydrogen) atoms. The lowest BCUT2D eigenvalue weighted by molar-refractivity contribution is -0.127. The normalized spacial score (nSPS) is 25.4. The predicted octanol–water partition coefficient (Wildman–Crippen LogP) is 1.32. The summed E-state index contributed by atoms with van der Waals surface area (Å²) in [4.78, 5) is 11.4. The van der Waals surface area contributed by atoms with Crippen molar-refractivity contribution in [1.82, 2.24) is 5.32 Å². The zero-order chi connectivity index (χ0) is 11.8. The second-order valence-electron chi connectivity index (χ2n) is 4.06. The minimum Gasteiger partial charge on any atom is -0.382 e. The lowest BCUT2D eigenvalue weighted by Gasteiger charge is -2.25. The highest BCUT2D eigenvalue weighted by Gasteiger charge is 2.20. The predicted molar refractivity (Wildman–Crippen MR) is 62.7 cm³/mol. The molecule has 4 nitrogen and oxygen atoms in total. The van der Waals surface area contributed by atoms with E-state index < -0.39 is 0 Å². The molecule has 1 N–H and O–H groups in total. The zero-order valence-corrected chi connectivity index (χ0v) is 10.5. The van der Waals surface area contributed by atoms with Crippen molar-refractivity contribution in [3.63, 3.8) is 0 Å². The van der Waals surface area contributed by atoms with Gasteiger partial charge in [0.25, 0.3) is 0 Å². The lowest BCUT2D eigenvalue weighted by atomic mass is 9.95. The number of amides is 1. The number of hydrogen-bond acceptors (Lipinski definition) is 3. The molecule has 0 heterocycles. The average molecular weight is 250 g/mol. The van der Waals surface area contributed by atoms with Crippen LogP contribution in [-0.2, 0) is 14.3 Å². The van der Waals surface area contributed by atoms with Crippen LogP contribution >= 0.6 is 11.6 Å². The van der Waals surface area contributed by atoms with E-state index in [4.69, 9.17) is 21.1 Å². The molecule has 0 unspecified atom stereocenters. The van der Waals surface area contributed by atoms with Crippen LogP contribution in [0.1, 0.15) is 25.7 Å². The Bertz CT molecular complexity index is 205. The molecule has 94 valence electrons. The van der Waals surface area contributed by atoms with Crippen LogP contribution in [0.3, 0.4) is 0 Å². The Morgan fingerprint density at radius 1 is 1.31 bits per heavy atom. The van der Waals surface area contributed by atoms with E-state index in [0.717, 1.165) is 25.7 Å². The summed E-state index contributed by atoms with van der Waals surface area (Å²) in [6.45, 7) is 1.09. The van der Waals surface area contributed by atoms with Gasteiger partial charge in [0.1, 0.15) is 6.61 Å². The van der Waals surface area contributed by atoms with Gasteiger partial charge in [0.05, 0.1) is 13.2 Å². The van der Waals surface area contributed by atoms with Crippen LogP contribution in [0.15, 0.2) is 0 Å². The van der Waals surface area contributed by atoms with E-state index in [9.17, 15) is 4.79 Å². The maximum Gasteiger partial charge on any atom is 0.246 e. The molecular weight excluding hydrogens is 230 g/mol. The first kappa shape index (κ1) is 13.7. The summed E-state index contributed by atoms with van der Waals surface area (Å²) in [6, 6.07) is 0.272. The van der Waals surface area contributed by atoms with E-state index in [1.54, 1.807) is 7.11 Å². The molecule has 1 saturated carbocycles. The molecule has 0 bridgehead atoms. The number of halogens is 1. The van der Waals surface area contributed by atoms with Crippen LogP contribution in [-0.4, -0.2) is 44.3 Å². The Balaban J connectivity index is 2.05. The molecule has 0 aromatic carbocycles. The molecule has 0 aromatic heterocycles. The van der Waals surface area contributed by atoms with Crippen molar-refractivity contribution in [3.05, 3.63) is 0 Å². The van der Waals surface area contributed by atoms with Gasteiger partial charge in [0.2, 0.25) is 5.91 Å². The number of methoxy groups -OCH3 is 1. The summed E-state index contributed by atoms with van der Waals surface area (Å²) < 4.78 is 9.95. The third-order valence-corrected chi connectivity index (χ3v) is 3.12. The van der Waals surface area contributed by atoms with Gasteiger partial charge in [-0.1, -0.05) is 0 Å². The van der Waals surface area contributed by atoms with E-state index in [2.05, 4.69) is 5.32 Å². The Kier molecular flexibility index (Phi) is 6.76. The molecule has 0 atom stereocenters. The van der Waals surface area contributed by atoms with Gasteiger partial charge in [0, 0.05) is 18.5 Å². The van der Waals surface area contributed by atoms with Gasteiger partial charge in [-0.2, -0.15) is 0 Å². The van der Waals surface area contributed by atoms with Crippen LogP contribution in [0.4, 0.5) is 0 Å². The molecule has 0 aliphatic heterocycles. The minimum atomic E-state index is -0.0471. The van der Waals surface area contributed by atoms with E-state index in [1.807, 2.05) is 0 Å². The Labute approximate surface area is 102 Å². The SMILES string of the molecule is COCCOCC(=O)NC1CCC(Cl)CC1. The number of alkyl halides is 1. The minimum absolute atomic E-state index is 0.0471. The van der Waals surface area contributed by atoms with Crippen molar-refractivity contribution in [2.45, 2.75) is 37.1 Å². The largest absolute Gasteiger partial charge is 0.382 e. The monoisotopic (exact) mass is 249 g/mol. The fourth-order valence-corrected chi connectivity index (χ4v) is 2.03. The fraction of sp³-hybridized carbons (Fsp3) is 0.909. The van der Waals surface area contributed by atoms with Crippen molar-refractivity contribution >= 4 is 17.5 Å². The number of hydrogen-bond donors (Lipinski definition) is 1. The lowest BCUT2D eigenvalue weighted by Crippen LogP contribution is -2.39. The Morgan fingerprint density at radius 3 is 2.62 bits per heavy atom. The highest BCUT2D eigenvalue weighted by atomic mass is 35.5. The third kappa shape index (κ3) is 5.68. The average Bonchev–Trinajstić information content (AvgIpc) is 2.28. The van der Waals surface area contributed by atoms with E-state index >= 15 is 0 Å². The van der Waals surface area contributed by atoms with Gasteiger partial charge in [-0.05, 0) is 25.7 Å². The first-order chi connectivity index (χ1) is 7.72. The van der Waals surface area contributed by atoms with Crippen molar-refractivity contribution in [3.8, 4) is 0 Å². The van der Waals surface area contributed by atoms with Gasteiger partial charge in [-0.25, -0.2) is 0 Å². The standard InChI is InChI=1S/C11H20ClNO3/c1-15-6-7-16-8-11(14)13-10-4-2-9(12)3-5-10/h9-10H,2-8H2,1H3,(H,13,14). The maximum absolute atomic E-state index is 11.4. The Hall–Kier alpha value is -0.320. The molecule has 1 aliphatic rings. The summed E-state index contributed by atoms with van der Waals surface area (Å²) in [6.07, 6.45) is 3.91. The van der Waals surface area contributed by atoms with E-state index in [-0.39, 0.29) is 23.9 Å². The second-order valence-corrected chi connectivity index (χ2v) is 4.68. The Morgan fingerprint density at radius 2 is 2.00 bits per heavy atom. The molecule has 0 aromatic rings. The molecule has 0 radical (unpaired) electrons. The van der Waals surface area contributed by atoms with E-state index in [0.29, 0.717) is 13.2 Å². The third-order valence-electron chi connectivity index (χ3n) is 2.69. The molecule has 1 aliphatic carbocycles. The molecule has 0 spiro atoms. The maximum atomic E-state index is 11.4. The van der Waals surface area contributed by atoms with Crippen LogP contribution in [0.5, 0.6) is 0 Å². The van der Waals surface area contributed by atoms with Gasteiger partial charge in [-0.3, -0.25) is 4.79 Å². The van der Waals surface area contributed by atoms with Crippen molar-refractivity contribution in [1.29, 1.82) is 0 Å². The molecule has 5 heteroatoms. The topological polar surface area (TPSA) is 47.6 Å². The van der Waals surface area contributed by atoms with Crippen LogP contribution in [0.2, 0.25) is 0 Å². The summed E-state index contributed by atoms with van der Waals surface area (Å²) in [5.74, 6) is -0.0471. The molecule has 1 amide bonds. The van der Waals surface area contributed by atoms with Gasteiger partial charge >= 0.3 is 0 Å². The van der Waals surface area contributed by atoms with Crippen molar-refractivity contribution < 1.29 is 14.3 Å². The smallest absolute Gasteiger partial charge is 0.246 e. The number of carbonyl (C=O) groups excluding carboxylic acids is 1. The number of nitrogens with one attached hydrogen (secondary N) is 1. The summed E-state index contributed by atoms with van der Waals surface area (Å²) in [7, 11) is 1.61. The highest BCUT2D eigenvalue weighted by Crippen LogP contribution is 2.22. The number of rotatable bonds is 6. The molecule has 0 saturated heterocycles. The molecule has 1 rings (SSSR count).